The van der Waals surface area contributed by atoms with Gasteiger partial charge in [-0.3, -0.25) is 4.99 Å². The molecule has 1 heterocycles. The van der Waals surface area contributed by atoms with Crippen molar-refractivity contribution in [3.8, 4) is 0 Å². The van der Waals surface area contributed by atoms with Gasteiger partial charge in [-0.15, -0.1) is 0 Å². The van der Waals surface area contributed by atoms with E-state index in [2.05, 4.69) is 86.4 Å². The van der Waals surface area contributed by atoms with Crippen molar-refractivity contribution in [2.45, 2.75) is 53.9 Å². The highest BCUT2D eigenvalue weighted by Crippen LogP contribution is 2.39. The molecule has 0 saturated carbocycles. The summed E-state index contributed by atoms with van der Waals surface area (Å²) in [6.07, 6.45) is 11.3. The van der Waals surface area contributed by atoms with Crippen LogP contribution >= 0.6 is 0 Å². The molecule has 1 fully saturated rings. The number of hydrogen-bond acceptors (Lipinski definition) is 3. The van der Waals surface area contributed by atoms with E-state index in [4.69, 9.17) is 9.73 Å². The van der Waals surface area contributed by atoms with Crippen molar-refractivity contribution < 1.29 is 9.13 Å². The lowest BCUT2D eigenvalue weighted by molar-refractivity contribution is 0.122. The van der Waals surface area contributed by atoms with E-state index in [-0.39, 0.29) is 5.82 Å². The van der Waals surface area contributed by atoms with Gasteiger partial charge in [0.1, 0.15) is 5.82 Å². The number of allylic oxidation sites excluding steroid dienone is 7. The van der Waals surface area contributed by atoms with E-state index in [1.807, 2.05) is 32.2 Å². The molecular formula is C39H43FN2O. The number of rotatable bonds is 7. The van der Waals surface area contributed by atoms with E-state index in [0.717, 1.165) is 73.5 Å². The van der Waals surface area contributed by atoms with Gasteiger partial charge in [0.2, 0.25) is 0 Å². The molecule has 2 aliphatic rings. The van der Waals surface area contributed by atoms with E-state index in [0.29, 0.717) is 5.56 Å². The summed E-state index contributed by atoms with van der Waals surface area (Å²) in [5, 5.41) is 0. The summed E-state index contributed by atoms with van der Waals surface area (Å²) in [6.45, 7) is 13.8. The number of benzene rings is 3. The molecule has 1 saturated heterocycles. The van der Waals surface area contributed by atoms with Crippen LogP contribution in [0.5, 0.6) is 0 Å². The first-order valence-electron chi connectivity index (χ1n) is 15.4. The number of anilines is 1. The number of ether oxygens (including phenoxy) is 1. The Balaban J connectivity index is 1.52. The van der Waals surface area contributed by atoms with Crippen molar-refractivity contribution in [2.24, 2.45) is 4.99 Å². The second kappa shape index (κ2) is 14.0. The van der Waals surface area contributed by atoms with Crippen LogP contribution in [0.2, 0.25) is 0 Å². The van der Waals surface area contributed by atoms with E-state index in [1.165, 1.54) is 33.5 Å². The molecule has 3 aromatic carbocycles. The normalized spacial score (nSPS) is 16.7. The summed E-state index contributed by atoms with van der Waals surface area (Å²) < 4.78 is 19.8. The first-order valence-corrected chi connectivity index (χ1v) is 15.4. The standard InChI is InChI=1S/C39H43FN2O/c1-6-41-39(30(5)24-31-13-17-34(18-14-31)42-20-22-43-23-21-42)36-26-32(15-12-27(36)2)35-11-9-7-8-10-28(3)38(35)33-16-19-37(40)29(4)25-33/h6-7,9,11-19,25-26H,8,10,20-24H2,1-5H3/b9-7?,35-11?,38-28?,39-30-,41-6?. The summed E-state index contributed by atoms with van der Waals surface area (Å²) in [5.74, 6) is -0.172. The van der Waals surface area contributed by atoms with Crippen LogP contribution in [0.4, 0.5) is 10.1 Å². The second-order valence-electron chi connectivity index (χ2n) is 11.7. The highest BCUT2D eigenvalue weighted by molar-refractivity contribution is 6.07. The molecular weight excluding hydrogens is 531 g/mol. The molecule has 0 spiro atoms. The second-order valence-corrected chi connectivity index (χ2v) is 11.7. The summed E-state index contributed by atoms with van der Waals surface area (Å²) in [5.41, 5.74) is 13.6. The SMILES string of the molecule is CC=N/C(=C(/C)Cc1ccc(N2CCOCC2)cc1)c1cc(C2=CC=CCCC(C)=C2c2ccc(F)c(C)c2)ccc1C. The minimum atomic E-state index is -0.172. The molecule has 222 valence electrons. The summed E-state index contributed by atoms with van der Waals surface area (Å²) in [7, 11) is 0. The molecule has 0 radical (unpaired) electrons. The maximum absolute atomic E-state index is 14.3. The van der Waals surface area contributed by atoms with E-state index in [9.17, 15) is 4.39 Å². The van der Waals surface area contributed by atoms with Crippen LogP contribution in [-0.2, 0) is 11.2 Å². The van der Waals surface area contributed by atoms with Crippen molar-refractivity contribution in [2.75, 3.05) is 31.2 Å². The Hall–Kier alpha value is -4.02. The van der Waals surface area contributed by atoms with Crippen LogP contribution in [-0.4, -0.2) is 32.5 Å². The van der Waals surface area contributed by atoms with Crippen LogP contribution in [0.3, 0.4) is 0 Å². The highest BCUT2D eigenvalue weighted by atomic mass is 19.1. The maximum atomic E-state index is 14.3. The zero-order valence-electron chi connectivity index (χ0n) is 26.2. The number of halogens is 1. The minimum absolute atomic E-state index is 0.172. The highest BCUT2D eigenvalue weighted by Gasteiger charge is 2.18. The zero-order valence-corrected chi connectivity index (χ0v) is 26.2. The fourth-order valence-corrected chi connectivity index (χ4v) is 6.06. The number of hydrogen-bond donors (Lipinski definition) is 0. The van der Waals surface area contributed by atoms with E-state index < -0.39 is 0 Å². The van der Waals surface area contributed by atoms with Gasteiger partial charge in [0.05, 0.1) is 18.9 Å². The largest absolute Gasteiger partial charge is 0.378 e. The van der Waals surface area contributed by atoms with Crippen LogP contribution in [0.1, 0.15) is 67.0 Å². The van der Waals surface area contributed by atoms with E-state index >= 15 is 0 Å². The van der Waals surface area contributed by atoms with Gasteiger partial charge >= 0.3 is 0 Å². The Morgan fingerprint density at radius 2 is 1.67 bits per heavy atom. The fourth-order valence-electron chi connectivity index (χ4n) is 6.06. The number of aliphatic imine (C=N–C) groups is 1. The first-order chi connectivity index (χ1) is 20.9. The monoisotopic (exact) mass is 574 g/mol. The molecule has 0 aromatic heterocycles. The van der Waals surface area contributed by atoms with Gasteiger partial charge in [-0.2, -0.15) is 0 Å². The van der Waals surface area contributed by atoms with Crippen LogP contribution < -0.4 is 4.90 Å². The van der Waals surface area contributed by atoms with Crippen molar-refractivity contribution in [1.82, 2.24) is 0 Å². The smallest absolute Gasteiger partial charge is 0.126 e. The molecule has 0 atom stereocenters. The number of nitrogens with zero attached hydrogens (tertiary/aromatic N) is 2. The third-order valence-corrected chi connectivity index (χ3v) is 8.48. The molecule has 0 N–H and O–H groups in total. The van der Waals surface area contributed by atoms with Crippen molar-refractivity contribution in [3.63, 3.8) is 0 Å². The quantitative estimate of drug-likeness (QED) is 0.263. The average Bonchev–Trinajstić information content (AvgIpc) is 3.01. The molecule has 0 bridgehead atoms. The molecule has 1 aliphatic carbocycles. The van der Waals surface area contributed by atoms with Crippen LogP contribution in [0.25, 0.3) is 16.8 Å². The Morgan fingerprint density at radius 1 is 0.930 bits per heavy atom. The Kier molecular flexibility index (Phi) is 9.89. The fraction of sp³-hybridized carbons (Fsp3) is 0.308. The molecule has 3 aromatic rings. The Bertz CT molecular complexity index is 1620. The van der Waals surface area contributed by atoms with Gasteiger partial charge in [-0.05, 0) is 129 Å². The van der Waals surface area contributed by atoms with Gasteiger partial charge < -0.3 is 9.64 Å². The molecule has 43 heavy (non-hydrogen) atoms. The van der Waals surface area contributed by atoms with Crippen LogP contribution in [0, 0.1) is 19.7 Å². The molecule has 0 unspecified atom stereocenters. The van der Waals surface area contributed by atoms with Crippen LogP contribution in [0.15, 0.2) is 95.0 Å². The van der Waals surface area contributed by atoms with E-state index in [1.54, 1.807) is 6.07 Å². The topological polar surface area (TPSA) is 24.8 Å². The number of aryl methyl sites for hydroxylation is 2. The van der Waals surface area contributed by atoms with Gasteiger partial charge in [-0.1, -0.05) is 54.1 Å². The molecule has 1 aliphatic heterocycles. The Labute approximate surface area is 256 Å². The predicted octanol–water partition coefficient (Wildman–Crippen LogP) is 9.55. The molecule has 3 nitrogen and oxygen atoms in total. The molecule has 4 heteroatoms. The van der Waals surface area contributed by atoms with Crippen molar-refractivity contribution in [3.05, 3.63) is 129 Å². The third-order valence-electron chi connectivity index (χ3n) is 8.48. The zero-order chi connectivity index (χ0) is 30.3. The van der Waals surface area contributed by atoms with Gasteiger partial charge in [0, 0.05) is 30.6 Å². The maximum Gasteiger partial charge on any atom is 0.126 e. The minimum Gasteiger partial charge on any atom is -0.378 e. The first kappa shape index (κ1) is 30.4. The third kappa shape index (κ3) is 7.14. The summed E-state index contributed by atoms with van der Waals surface area (Å²) >= 11 is 0. The number of morpholine rings is 1. The lowest BCUT2D eigenvalue weighted by Gasteiger charge is -2.29. The Morgan fingerprint density at radius 3 is 2.40 bits per heavy atom. The van der Waals surface area contributed by atoms with Gasteiger partial charge in [0.15, 0.2) is 0 Å². The van der Waals surface area contributed by atoms with Gasteiger partial charge in [0.25, 0.3) is 0 Å². The lowest BCUT2D eigenvalue weighted by Crippen LogP contribution is -2.36. The molecule has 0 amide bonds. The average molecular weight is 575 g/mol. The van der Waals surface area contributed by atoms with Gasteiger partial charge in [-0.25, -0.2) is 4.39 Å². The lowest BCUT2D eigenvalue weighted by atomic mass is 9.84. The predicted molar refractivity (Wildman–Crippen MR) is 181 cm³/mol. The molecule has 5 rings (SSSR count). The van der Waals surface area contributed by atoms with Crippen molar-refractivity contribution >= 4 is 28.7 Å². The van der Waals surface area contributed by atoms with Crippen molar-refractivity contribution in [1.29, 1.82) is 0 Å². The summed E-state index contributed by atoms with van der Waals surface area (Å²) in [6, 6.07) is 21.1. The summed E-state index contributed by atoms with van der Waals surface area (Å²) in [4.78, 5) is 7.30.